The van der Waals surface area contributed by atoms with E-state index in [2.05, 4.69) is 26.1 Å². The fourth-order valence-electron chi connectivity index (χ4n) is 2.20. The molecule has 0 bridgehead atoms. The Hall–Kier alpha value is -0.610. The Balaban J connectivity index is 4.22. The van der Waals surface area contributed by atoms with Gasteiger partial charge >= 0.3 is 5.97 Å². The zero-order chi connectivity index (χ0) is 16.5. The highest BCUT2D eigenvalue weighted by Gasteiger charge is 2.34. The van der Waals surface area contributed by atoms with E-state index in [0.29, 0.717) is 12.5 Å². The number of nitrogens with one attached hydrogen (secondary N) is 1. The monoisotopic (exact) mass is 301 g/mol. The summed E-state index contributed by atoms with van der Waals surface area (Å²) in [6.07, 6.45) is 2.96. The van der Waals surface area contributed by atoms with Gasteiger partial charge in [0, 0.05) is 12.6 Å². The topological polar surface area (TPSA) is 47.6 Å². The zero-order valence-electron chi connectivity index (χ0n) is 15.0. The van der Waals surface area contributed by atoms with Crippen molar-refractivity contribution >= 4 is 5.97 Å². The van der Waals surface area contributed by atoms with Crippen molar-refractivity contribution in [2.45, 2.75) is 85.4 Å². The maximum Gasteiger partial charge on any atom is 0.326 e. The lowest BCUT2D eigenvalue weighted by Gasteiger charge is -2.30. The standard InChI is InChI=1S/C17H35NO3/c1-8-20-16(19)17(7,18-14(4)5)11-9-10-12-21-15(6)13(2)3/h13-15,18H,8-12H2,1-7H3. The summed E-state index contributed by atoms with van der Waals surface area (Å²) >= 11 is 0. The quantitative estimate of drug-likeness (QED) is 0.468. The van der Waals surface area contributed by atoms with Crippen LogP contribution in [0.15, 0.2) is 0 Å². The minimum atomic E-state index is -0.603. The van der Waals surface area contributed by atoms with Crippen molar-refractivity contribution in [2.75, 3.05) is 13.2 Å². The number of hydrogen-bond donors (Lipinski definition) is 1. The van der Waals surface area contributed by atoms with Crippen molar-refractivity contribution in [1.29, 1.82) is 0 Å². The smallest absolute Gasteiger partial charge is 0.326 e. The molecule has 4 nitrogen and oxygen atoms in total. The second kappa shape index (κ2) is 10.2. The Morgan fingerprint density at radius 1 is 1.14 bits per heavy atom. The predicted molar refractivity (Wildman–Crippen MR) is 87.4 cm³/mol. The number of ether oxygens (including phenoxy) is 2. The summed E-state index contributed by atoms with van der Waals surface area (Å²) in [5, 5.41) is 3.34. The molecule has 2 atom stereocenters. The normalized spacial score (nSPS) is 16.0. The van der Waals surface area contributed by atoms with Gasteiger partial charge in [0.05, 0.1) is 12.7 Å². The minimum absolute atomic E-state index is 0.157. The van der Waals surface area contributed by atoms with Crippen LogP contribution >= 0.6 is 0 Å². The summed E-state index contributed by atoms with van der Waals surface area (Å²) in [6.45, 7) is 15.5. The third-order valence-corrected chi connectivity index (χ3v) is 3.72. The molecular formula is C17H35NO3. The van der Waals surface area contributed by atoms with Gasteiger partial charge in [0.25, 0.3) is 0 Å². The van der Waals surface area contributed by atoms with E-state index in [4.69, 9.17) is 9.47 Å². The van der Waals surface area contributed by atoms with E-state index in [0.717, 1.165) is 25.9 Å². The first-order valence-corrected chi connectivity index (χ1v) is 8.29. The molecule has 0 aromatic carbocycles. The van der Waals surface area contributed by atoms with Gasteiger partial charge in [0.2, 0.25) is 0 Å². The van der Waals surface area contributed by atoms with Crippen molar-refractivity contribution in [2.24, 2.45) is 5.92 Å². The van der Waals surface area contributed by atoms with E-state index in [9.17, 15) is 4.79 Å². The lowest BCUT2D eigenvalue weighted by Crippen LogP contribution is -2.53. The van der Waals surface area contributed by atoms with Crippen LogP contribution in [-0.2, 0) is 14.3 Å². The van der Waals surface area contributed by atoms with Gasteiger partial charge in [-0.05, 0) is 59.8 Å². The summed E-state index contributed by atoms with van der Waals surface area (Å²) in [4.78, 5) is 12.1. The molecule has 0 amide bonds. The molecule has 0 aliphatic carbocycles. The number of unbranched alkanes of at least 4 members (excludes halogenated alkanes) is 1. The summed E-state index contributed by atoms with van der Waals surface area (Å²) in [7, 11) is 0. The average Bonchev–Trinajstić information content (AvgIpc) is 2.37. The summed E-state index contributed by atoms with van der Waals surface area (Å²) in [5.74, 6) is 0.382. The number of carbonyl (C=O) groups is 1. The third-order valence-electron chi connectivity index (χ3n) is 3.72. The predicted octanol–water partition coefficient (Wildman–Crippen LogP) is 3.54. The summed E-state index contributed by atoms with van der Waals surface area (Å²) in [5.41, 5.74) is -0.603. The summed E-state index contributed by atoms with van der Waals surface area (Å²) < 4.78 is 11.0. The molecule has 0 saturated heterocycles. The summed E-state index contributed by atoms with van der Waals surface area (Å²) in [6, 6.07) is 0.247. The van der Waals surface area contributed by atoms with Crippen molar-refractivity contribution in [3.8, 4) is 0 Å². The van der Waals surface area contributed by atoms with Gasteiger partial charge in [-0.3, -0.25) is 10.1 Å². The molecule has 4 heteroatoms. The third kappa shape index (κ3) is 8.42. The lowest BCUT2D eigenvalue weighted by molar-refractivity contribution is -0.151. The van der Waals surface area contributed by atoms with Crippen LogP contribution in [0.3, 0.4) is 0 Å². The number of carbonyl (C=O) groups excluding carboxylic acids is 1. The molecule has 1 N–H and O–H groups in total. The van der Waals surface area contributed by atoms with Crippen LogP contribution in [0.4, 0.5) is 0 Å². The van der Waals surface area contributed by atoms with Crippen LogP contribution in [0.25, 0.3) is 0 Å². The van der Waals surface area contributed by atoms with Crippen LogP contribution < -0.4 is 5.32 Å². The highest BCUT2D eigenvalue weighted by Crippen LogP contribution is 2.18. The fraction of sp³-hybridized carbons (Fsp3) is 0.941. The Kier molecular flexibility index (Phi) is 9.88. The maximum absolute atomic E-state index is 12.1. The molecule has 0 rings (SSSR count). The zero-order valence-corrected chi connectivity index (χ0v) is 15.0. The van der Waals surface area contributed by atoms with E-state index in [1.165, 1.54) is 0 Å². The molecule has 0 radical (unpaired) electrons. The van der Waals surface area contributed by atoms with E-state index in [1.54, 1.807) is 0 Å². The number of hydrogen-bond acceptors (Lipinski definition) is 4. The first-order chi connectivity index (χ1) is 9.73. The Bertz CT molecular complexity index is 292. The molecule has 0 aliphatic rings. The van der Waals surface area contributed by atoms with Crippen LogP contribution in [0.5, 0.6) is 0 Å². The van der Waals surface area contributed by atoms with Crippen LogP contribution in [0, 0.1) is 5.92 Å². The van der Waals surface area contributed by atoms with Crippen molar-refractivity contribution in [1.82, 2.24) is 5.32 Å². The van der Waals surface area contributed by atoms with Gasteiger partial charge in [0.15, 0.2) is 0 Å². The molecule has 0 spiro atoms. The van der Waals surface area contributed by atoms with Crippen molar-refractivity contribution in [3.63, 3.8) is 0 Å². The molecule has 126 valence electrons. The van der Waals surface area contributed by atoms with Crippen molar-refractivity contribution < 1.29 is 14.3 Å². The fourth-order valence-corrected chi connectivity index (χ4v) is 2.20. The highest BCUT2D eigenvalue weighted by atomic mass is 16.5. The second-order valence-corrected chi connectivity index (χ2v) is 6.63. The van der Waals surface area contributed by atoms with Gasteiger partial charge < -0.3 is 9.47 Å². The van der Waals surface area contributed by atoms with E-state index in [1.807, 2.05) is 27.7 Å². The highest BCUT2D eigenvalue weighted by molar-refractivity contribution is 5.80. The second-order valence-electron chi connectivity index (χ2n) is 6.63. The molecule has 0 heterocycles. The number of esters is 1. The van der Waals surface area contributed by atoms with Crippen LogP contribution in [-0.4, -0.2) is 36.9 Å². The average molecular weight is 301 g/mol. The maximum atomic E-state index is 12.1. The van der Waals surface area contributed by atoms with E-state index in [-0.39, 0.29) is 18.1 Å². The Labute approximate surface area is 131 Å². The van der Waals surface area contributed by atoms with Gasteiger partial charge in [-0.25, -0.2) is 0 Å². The Morgan fingerprint density at radius 2 is 1.76 bits per heavy atom. The van der Waals surface area contributed by atoms with Gasteiger partial charge in [0.1, 0.15) is 5.54 Å². The lowest BCUT2D eigenvalue weighted by atomic mass is 9.94. The molecule has 0 aromatic rings. The first kappa shape index (κ1) is 20.4. The van der Waals surface area contributed by atoms with Gasteiger partial charge in [-0.2, -0.15) is 0 Å². The Morgan fingerprint density at radius 3 is 2.24 bits per heavy atom. The molecular weight excluding hydrogens is 266 g/mol. The van der Waals surface area contributed by atoms with Crippen molar-refractivity contribution in [3.05, 3.63) is 0 Å². The first-order valence-electron chi connectivity index (χ1n) is 8.29. The largest absolute Gasteiger partial charge is 0.465 e. The molecule has 0 aromatic heterocycles. The molecule has 0 saturated carbocycles. The van der Waals surface area contributed by atoms with E-state index >= 15 is 0 Å². The number of rotatable bonds is 11. The molecule has 0 aliphatic heterocycles. The molecule has 0 fully saturated rings. The molecule has 21 heavy (non-hydrogen) atoms. The van der Waals surface area contributed by atoms with Crippen LogP contribution in [0.2, 0.25) is 0 Å². The minimum Gasteiger partial charge on any atom is -0.465 e. The molecule has 2 unspecified atom stereocenters. The van der Waals surface area contributed by atoms with Crippen LogP contribution in [0.1, 0.15) is 67.7 Å². The SMILES string of the molecule is CCOC(=O)C(C)(CCCCOC(C)C(C)C)NC(C)C. The van der Waals surface area contributed by atoms with Gasteiger partial charge in [-0.15, -0.1) is 0 Å². The van der Waals surface area contributed by atoms with Gasteiger partial charge in [-0.1, -0.05) is 13.8 Å². The van der Waals surface area contributed by atoms with E-state index < -0.39 is 5.54 Å².